The van der Waals surface area contributed by atoms with Gasteiger partial charge in [-0.25, -0.2) is 19.8 Å². The van der Waals surface area contributed by atoms with E-state index in [2.05, 4.69) is 31.0 Å². The SMILES string of the molecule is Cc1cc(N2CCOc3ncnc4c3C2=N4)ccc1-c1cnn(C(C(=O)O)C(C)C)c1. The van der Waals surface area contributed by atoms with E-state index in [1.165, 1.54) is 11.0 Å². The molecule has 31 heavy (non-hydrogen) atoms. The molecule has 4 heterocycles. The number of aliphatic imine (C=N–C) groups is 1. The van der Waals surface area contributed by atoms with Crippen molar-refractivity contribution in [3.63, 3.8) is 0 Å². The fourth-order valence-electron chi connectivity index (χ4n) is 4.11. The van der Waals surface area contributed by atoms with Crippen molar-refractivity contribution in [2.24, 2.45) is 10.9 Å². The van der Waals surface area contributed by atoms with E-state index >= 15 is 0 Å². The van der Waals surface area contributed by atoms with Gasteiger partial charge in [0.15, 0.2) is 17.7 Å². The number of carboxylic acids is 1. The van der Waals surface area contributed by atoms with Crippen LogP contribution >= 0.6 is 0 Å². The number of aliphatic carboxylic acids is 1. The second kappa shape index (κ2) is 7.19. The van der Waals surface area contributed by atoms with Crippen molar-refractivity contribution in [3.05, 3.63) is 48.0 Å². The van der Waals surface area contributed by atoms with Crippen LogP contribution in [0.25, 0.3) is 11.1 Å². The van der Waals surface area contributed by atoms with E-state index in [1.807, 2.05) is 32.9 Å². The number of hydrogen-bond acceptors (Lipinski definition) is 7. The Morgan fingerprint density at radius 2 is 2.10 bits per heavy atom. The molecule has 1 aromatic carbocycles. The number of benzene rings is 1. The lowest BCUT2D eigenvalue weighted by molar-refractivity contribution is -0.142. The van der Waals surface area contributed by atoms with Crippen LogP contribution in [0, 0.1) is 12.8 Å². The van der Waals surface area contributed by atoms with Crippen molar-refractivity contribution < 1.29 is 14.6 Å². The zero-order valence-corrected chi connectivity index (χ0v) is 17.5. The summed E-state index contributed by atoms with van der Waals surface area (Å²) in [6.07, 6.45) is 4.99. The predicted octanol–water partition coefficient (Wildman–Crippen LogP) is 3.22. The summed E-state index contributed by atoms with van der Waals surface area (Å²) in [6.45, 7) is 6.94. The first-order valence-electron chi connectivity index (χ1n) is 10.2. The maximum absolute atomic E-state index is 11.6. The van der Waals surface area contributed by atoms with Gasteiger partial charge in [-0.05, 0) is 36.1 Å². The zero-order valence-electron chi connectivity index (χ0n) is 17.5. The third-order valence-electron chi connectivity index (χ3n) is 5.64. The molecule has 1 unspecified atom stereocenters. The highest BCUT2D eigenvalue weighted by Gasteiger charge is 2.34. The first-order valence-corrected chi connectivity index (χ1v) is 10.2. The standard InChI is InChI=1S/C22H22N6O3/c1-12(2)18(22(29)30)28-10-14(9-25-28)16-5-4-15(8-13(16)3)27-6-7-31-21-17-19(23-11-24-21)26-20(17)27/h4-5,8-12,18H,6-7H2,1-3H3,(H,29,30). The Morgan fingerprint density at radius 1 is 1.26 bits per heavy atom. The molecule has 0 aliphatic carbocycles. The molecule has 0 spiro atoms. The largest absolute Gasteiger partial charge is 0.480 e. The molecule has 2 aliphatic rings. The Hall–Kier alpha value is -3.75. The summed E-state index contributed by atoms with van der Waals surface area (Å²) in [5.41, 5.74) is 4.81. The van der Waals surface area contributed by atoms with E-state index in [4.69, 9.17) is 4.74 Å². The van der Waals surface area contributed by atoms with Gasteiger partial charge < -0.3 is 14.7 Å². The van der Waals surface area contributed by atoms with Gasteiger partial charge in [0, 0.05) is 17.4 Å². The average molecular weight is 418 g/mol. The molecule has 0 radical (unpaired) electrons. The molecule has 1 N–H and O–H groups in total. The first kappa shape index (κ1) is 19.2. The minimum absolute atomic E-state index is 0.0704. The molecule has 0 saturated heterocycles. The van der Waals surface area contributed by atoms with Crippen molar-refractivity contribution in [1.82, 2.24) is 19.7 Å². The molecule has 0 bridgehead atoms. The Labute approximate surface area is 179 Å². The van der Waals surface area contributed by atoms with Crippen molar-refractivity contribution in [3.8, 4) is 17.0 Å². The Kier molecular flexibility index (Phi) is 4.46. The maximum atomic E-state index is 11.6. The van der Waals surface area contributed by atoms with Crippen molar-refractivity contribution >= 4 is 23.3 Å². The molecule has 3 aromatic rings. The van der Waals surface area contributed by atoms with Crippen molar-refractivity contribution in [1.29, 1.82) is 0 Å². The number of aryl methyl sites for hydroxylation is 1. The fourth-order valence-corrected chi connectivity index (χ4v) is 4.11. The van der Waals surface area contributed by atoms with Crippen LogP contribution in [-0.4, -0.2) is 49.8 Å². The first-order chi connectivity index (χ1) is 14.9. The maximum Gasteiger partial charge on any atom is 0.328 e. The van der Waals surface area contributed by atoms with Crippen molar-refractivity contribution in [2.45, 2.75) is 26.8 Å². The normalized spacial score (nSPS) is 15.5. The van der Waals surface area contributed by atoms with Crippen LogP contribution in [0.1, 0.15) is 31.0 Å². The summed E-state index contributed by atoms with van der Waals surface area (Å²) in [7, 11) is 0. The van der Waals surface area contributed by atoms with Crippen LogP contribution in [0.4, 0.5) is 11.5 Å². The summed E-state index contributed by atoms with van der Waals surface area (Å²) >= 11 is 0. The van der Waals surface area contributed by atoms with Gasteiger partial charge in [0.05, 0.1) is 12.7 Å². The molecule has 9 nitrogen and oxygen atoms in total. The van der Waals surface area contributed by atoms with E-state index in [-0.39, 0.29) is 5.92 Å². The number of ether oxygens (including phenoxy) is 1. The lowest BCUT2D eigenvalue weighted by Gasteiger charge is -2.28. The van der Waals surface area contributed by atoms with Crippen LogP contribution in [0.5, 0.6) is 5.88 Å². The quantitative estimate of drug-likeness (QED) is 0.678. The van der Waals surface area contributed by atoms with E-state index in [0.29, 0.717) is 24.8 Å². The number of amidine groups is 1. The third kappa shape index (κ3) is 3.13. The second-order valence-electron chi connectivity index (χ2n) is 8.05. The number of carboxylic acid groups (broad SMARTS) is 1. The number of rotatable bonds is 5. The van der Waals surface area contributed by atoms with Gasteiger partial charge in [-0.15, -0.1) is 0 Å². The van der Waals surface area contributed by atoms with Crippen LogP contribution < -0.4 is 9.64 Å². The monoisotopic (exact) mass is 418 g/mol. The van der Waals surface area contributed by atoms with Crippen LogP contribution in [0.15, 0.2) is 41.9 Å². The second-order valence-corrected chi connectivity index (χ2v) is 8.05. The van der Waals surface area contributed by atoms with Crippen LogP contribution in [0.2, 0.25) is 0 Å². The Morgan fingerprint density at radius 3 is 2.84 bits per heavy atom. The summed E-state index contributed by atoms with van der Waals surface area (Å²) in [5, 5.41) is 13.9. The van der Waals surface area contributed by atoms with Crippen LogP contribution in [0.3, 0.4) is 0 Å². The number of aromatic nitrogens is 4. The number of hydrogen-bond donors (Lipinski definition) is 1. The highest BCUT2D eigenvalue weighted by molar-refractivity contribution is 6.20. The van der Waals surface area contributed by atoms with E-state index in [1.54, 1.807) is 12.4 Å². The molecule has 2 aromatic heterocycles. The zero-order chi connectivity index (χ0) is 21.7. The molecular weight excluding hydrogens is 396 g/mol. The Bertz CT molecular complexity index is 1220. The molecule has 2 aliphatic heterocycles. The lowest BCUT2D eigenvalue weighted by atomic mass is 10.0. The molecular formula is C22H22N6O3. The molecule has 0 amide bonds. The molecule has 1 atom stereocenters. The van der Waals surface area contributed by atoms with Gasteiger partial charge in [0.1, 0.15) is 18.5 Å². The number of nitrogens with zero attached hydrogens (tertiary/aromatic N) is 6. The molecule has 5 rings (SSSR count). The minimum atomic E-state index is -0.884. The molecule has 0 saturated carbocycles. The topological polar surface area (TPSA) is 106 Å². The van der Waals surface area contributed by atoms with E-state index in [9.17, 15) is 9.90 Å². The average Bonchev–Trinajstić information content (AvgIpc) is 3.08. The molecule has 9 heteroatoms. The van der Waals surface area contributed by atoms with Gasteiger partial charge in [-0.3, -0.25) is 4.68 Å². The number of anilines is 1. The molecule has 0 fully saturated rings. The summed E-state index contributed by atoms with van der Waals surface area (Å²) < 4.78 is 7.30. The van der Waals surface area contributed by atoms with E-state index < -0.39 is 12.0 Å². The molecule has 158 valence electrons. The lowest BCUT2D eigenvalue weighted by Crippen LogP contribution is -2.35. The van der Waals surface area contributed by atoms with Crippen LogP contribution in [-0.2, 0) is 4.79 Å². The van der Waals surface area contributed by atoms with Gasteiger partial charge >= 0.3 is 5.97 Å². The smallest absolute Gasteiger partial charge is 0.328 e. The van der Waals surface area contributed by atoms with Gasteiger partial charge in [-0.1, -0.05) is 19.9 Å². The van der Waals surface area contributed by atoms with Gasteiger partial charge in [0.25, 0.3) is 0 Å². The fraction of sp³-hybridized carbons (Fsp3) is 0.318. The Balaban J connectivity index is 1.45. The third-order valence-corrected chi connectivity index (χ3v) is 5.64. The predicted molar refractivity (Wildman–Crippen MR) is 115 cm³/mol. The van der Waals surface area contributed by atoms with Crippen molar-refractivity contribution in [2.75, 3.05) is 18.1 Å². The summed E-state index contributed by atoms with van der Waals surface area (Å²) in [5.74, 6) is 1.11. The van der Waals surface area contributed by atoms with E-state index in [0.717, 1.165) is 33.8 Å². The van der Waals surface area contributed by atoms with Gasteiger partial charge in [-0.2, -0.15) is 5.10 Å². The summed E-state index contributed by atoms with van der Waals surface area (Å²) in [6, 6.07) is 5.47. The van der Waals surface area contributed by atoms with Gasteiger partial charge in [0.2, 0.25) is 5.88 Å². The highest BCUT2D eigenvalue weighted by atomic mass is 16.5. The summed E-state index contributed by atoms with van der Waals surface area (Å²) in [4.78, 5) is 26.7. The minimum Gasteiger partial charge on any atom is -0.480 e. The highest BCUT2D eigenvalue weighted by Crippen LogP contribution is 2.38. The number of carbonyl (C=O) groups is 1.